The van der Waals surface area contributed by atoms with E-state index >= 15 is 0 Å². The number of hydrogen-bond donors (Lipinski definition) is 0. The molecule has 0 unspecified atom stereocenters. The molecule has 3 aromatic heterocycles. The number of thiophene rings is 1. The molecule has 3 aromatic rings. The Hall–Kier alpha value is -1.46. The van der Waals surface area contributed by atoms with Gasteiger partial charge in [-0.3, -0.25) is 4.98 Å². The molecule has 0 spiro atoms. The Bertz CT molecular complexity index is 868. The summed E-state index contributed by atoms with van der Waals surface area (Å²) in [7, 11) is 0. The van der Waals surface area contributed by atoms with Crippen LogP contribution >= 0.6 is 23.1 Å². The number of pyridine rings is 1. The van der Waals surface area contributed by atoms with Gasteiger partial charge in [0.2, 0.25) is 0 Å². The molecule has 0 radical (unpaired) electrons. The minimum atomic E-state index is 0.537. The van der Waals surface area contributed by atoms with Crippen LogP contribution in [0.25, 0.3) is 10.2 Å². The van der Waals surface area contributed by atoms with Gasteiger partial charge < -0.3 is 0 Å². The van der Waals surface area contributed by atoms with Crippen molar-refractivity contribution in [1.82, 2.24) is 15.0 Å². The fraction of sp³-hybridized carbons (Fsp3) is 0.450. The van der Waals surface area contributed by atoms with Crippen LogP contribution in [0.2, 0.25) is 0 Å². The molecule has 0 amide bonds. The molecule has 1 aliphatic rings. The first-order valence-corrected chi connectivity index (χ1v) is 10.8. The van der Waals surface area contributed by atoms with Crippen LogP contribution in [0.1, 0.15) is 60.0 Å². The molecule has 0 aromatic carbocycles. The highest BCUT2D eigenvalue weighted by Crippen LogP contribution is 2.39. The van der Waals surface area contributed by atoms with Crippen LogP contribution in [-0.2, 0) is 5.75 Å². The molecule has 130 valence electrons. The number of rotatable bonds is 4. The van der Waals surface area contributed by atoms with E-state index in [0.29, 0.717) is 5.92 Å². The molecular weight excluding hydrogens is 346 g/mol. The van der Waals surface area contributed by atoms with Crippen LogP contribution in [0.15, 0.2) is 29.4 Å². The van der Waals surface area contributed by atoms with Crippen molar-refractivity contribution in [3.05, 3.63) is 46.4 Å². The van der Waals surface area contributed by atoms with Gasteiger partial charge in [-0.2, -0.15) is 0 Å². The second kappa shape index (κ2) is 7.42. The lowest BCUT2D eigenvalue weighted by molar-refractivity contribution is 0.428. The number of nitrogens with zero attached hydrogens (tertiary/aromatic N) is 3. The van der Waals surface area contributed by atoms with Gasteiger partial charge in [0.05, 0.1) is 5.69 Å². The molecule has 3 nitrogen and oxygen atoms in total. The van der Waals surface area contributed by atoms with E-state index in [0.717, 1.165) is 27.1 Å². The summed E-state index contributed by atoms with van der Waals surface area (Å²) >= 11 is 3.61. The van der Waals surface area contributed by atoms with E-state index in [1.54, 1.807) is 11.8 Å². The molecule has 25 heavy (non-hydrogen) atoms. The molecule has 1 aliphatic carbocycles. The van der Waals surface area contributed by atoms with E-state index < -0.39 is 0 Å². The van der Waals surface area contributed by atoms with Gasteiger partial charge in [0.15, 0.2) is 0 Å². The van der Waals surface area contributed by atoms with Crippen molar-refractivity contribution in [2.45, 2.75) is 62.6 Å². The highest BCUT2D eigenvalue weighted by Gasteiger charge is 2.22. The standard InChI is InChI=1S/C20H23N3S2/c1-13-14(2)25-20-17(13)19(24-12-16-10-6-7-11-21-16)22-18(23-20)15-8-4-3-5-9-15/h6-7,10-11,15H,3-5,8-9,12H2,1-2H3. The lowest BCUT2D eigenvalue weighted by Crippen LogP contribution is -2.09. The molecule has 0 N–H and O–H groups in total. The fourth-order valence-electron chi connectivity index (χ4n) is 3.50. The summed E-state index contributed by atoms with van der Waals surface area (Å²) in [6, 6.07) is 6.09. The van der Waals surface area contributed by atoms with E-state index in [1.165, 1.54) is 47.9 Å². The second-order valence-electron chi connectivity index (χ2n) is 6.80. The third-order valence-electron chi connectivity index (χ3n) is 5.07. The quantitative estimate of drug-likeness (QED) is 0.415. The molecule has 0 atom stereocenters. The van der Waals surface area contributed by atoms with Crippen molar-refractivity contribution in [2.75, 3.05) is 0 Å². The Morgan fingerprint density at radius 3 is 2.72 bits per heavy atom. The smallest absolute Gasteiger partial charge is 0.134 e. The number of aryl methyl sites for hydroxylation is 2. The minimum Gasteiger partial charge on any atom is -0.260 e. The SMILES string of the molecule is Cc1sc2nc(C3CCCCC3)nc(SCc3ccccn3)c2c1C. The van der Waals surface area contributed by atoms with Gasteiger partial charge in [0.25, 0.3) is 0 Å². The van der Waals surface area contributed by atoms with Crippen molar-refractivity contribution in [1.29, 1.82) is 0 Å². The maximum Gasteiger partial charge on any atom is 0.134 e. The largest absolute Gasteiger partial charge is 0.260 e. The van der Waals surface area contributed by atoms with Crippen LogP contribution in [0.3, 0.4) is 0 Å². The van der Waals surface area contributed by atoms with Crippen LogP contribution in [0, 0.1) is 13.8 Å². The maximum absolute atomic E-state index is 5.04. The highest BCUT2D eigenvalue weighted by molar-refractivity contribution is 7.98. The molecule has 3 heterocycles. The normalized spacial score (nSPS) is 15.8. The van der Waals surface area contributed by atoms with E-state index in [4.69, 9.17) is 9.97 Å². The van der Waals surface area contributed by atoms with Gasteiger partial charge in [-0.25, -0.2) is 9.97 Å². The Kier molecular flexibility index (Phi) is 5.04. The second-order valence-corrected chi connectivity index (χ2v) is 8.96. The van der Waals surface area contributed by atoms with Gasteiger partial charge in [-0.15, -0.1) is 11.3 Å². The Balaban J connectivity index is 1.71. The summed E-state index contributed by atoms with van der Waals surface area (Å²) in [6.45, 7) is 4.39. The lowest BCUT2D eigenvalue weighted by Gasteiger charge is -2.20. The minimum absolute atomic E-state index is 0.537. The summed E-state index contributed by atoms with van der Waals surface area (Å²) in [5.74, 6) is 2.46. The van der Waals surface area contributed by atoms with Crippen molar-refractivity contribution in [3.8, 4) is 0 Å². The van der Waals surface area contributed by atoms with Crippen molar-refractivity contribution in [2.24, 2.45) is 0 Å². The molecule has 0 saturated heterocycles. The number of aromatic nitrogens is 3. The van der Waals surface area contributed by atoms with Crippen LogP contribution < -0.4 is 0 Å². The monoisotopic (exact) mass is 369 g/mol. The molecule has 5 heteroatoms. The Morgan fingerprint density at radius 1 is 1.12 bits per heavy atom. The van der Waals surface area contributed by atoms with Crippen LogP contribution in [0.5, 0.6) is 0 Å². The predicted octanol–water partition coefficient (Wildman–Crippen LogP) is 6.04. The van der Waals surface area contributed by atoms with Crippen molar-refractivity contribution < 1.29 is 0 Å². The first kappa shape index (κ1) is 17.0. The third-order valence-corrected chi connectivity index (χ3v) is 7.18. The molecule has 1 fully saturated rings. The maximum atomic E-state index is 5.04. The van der Waals surface area contributed by atoms with E-state index in [9.17, 15) is 0 Å². The van der Waals surface area contributed by atoms with Crippen molar-refractivity contribution in [3.63, 3.8) is 0 Å². The first-order valence-electron chi connectivity index (χ1n) is 9.02. The first-order chi connectivity index (χ1) is 12.2. The fourth-order valence-corrected chi connectivity index (χ4v) is 5.61. The van der Waals surface area contributed by atoms with E-state index in [-0.39, 0.29) is 0 Å². The summed E-state index contributed by atoms with van der Waals surface area (Å²) in [6.07, 6.45) is 8.31. The van der Waals surface area contributed by atoms with E-state index in [2.05, 4.69) is 24.9 Å². The summed E-state index contributed by atoms with van der Waals surface area (Å²) < 4.78 is 0. The Morgan fingerprint density at radius 2 is 1.96 bits per heavy atom. The number of hydrogen-bond acceptors (Lipinski definition) is 5. The van der Waals surface area contributed by atoms with Gasteiger partial charge in [-0.1, -0.05) is 37.1 Å². The van der Waals surface area contributed by atoms with Crippen LogP contribution in [-0.4, -0.2) is 15.0 Å². The summed E-state index contributed by atoms with van der Waals surface area (Å²) in [5, 5.41) is 2.39. The summed E-state index contributed by atoms with van der Waals surface area (Å²) in [5.41, 5.74) is 2.43. The van der Waals surface area contributed by atoms with Crippen molar-refractivity contribution >= 4 is 33.3 Å². The number of thioether (sulfide) groups is 1. The molecule has 1 saturated carbocycles. The zero-order chi connectivity index (χ0) is 17.2. The Labute approximate surface area is 157 Å². The predicted molar refractivity (Wildman–Crippen MR) is 107 cm³/mol. The zero-order valence-corrected chi connectivity index (χ0v) is 16.4. The molecule has 4 rings (SSSR count). The molecule has 0 bridgehead atoms. The average molecular weight is 370 g/mol. The molecular formula is C20H23N3S2. The van der Waals surface area contributed by atoms with E-state index in [1.807, 2.05) is 29.7 Å². The summed E-state index contributed by atoms with van der Waals surface area (Å²) in [4.78, 5) is 17.0. The van der Waals surface area contributed by atoms with Gasteiger partial charge >= 0.3 is 0 Å². The average Bonchev–Trinajstić information content (AvgIpc) is 2.95. The van der Waals surface area contributed by atoms with Crippen LogP contribution in [0.4, 0.5) is 0 Å². The number of fused-ring (bicyclic) bond motifs is 1. The van der Waals surface area contributed by atoms with Gasteiger partial charge in [0, 0.05) is 28.1 Å². The van der Waals surface area contributed by atoms with Gasteiger partial charge in [-0.05, 0) is 44.4 Å². The lowest BCUT2D eigenvalue weighted by atomic mass is 9.89. The zero-order valence-electron chi connectivity index (χ0n) is 14.8. The topological polar surface area (TPSA) is 38.7 Å². The molecule has 0 aliphatic heterocycles. The third kappa shape index (κ3) is 3.58. The highest BCUT2D eigenvalue weighted by atomic mass is 32.2. The van der Waals surface area contributed by atoms with Gasteiger partial charge in [0.1, 0.15) is 15.7 Å².